The Morgan fingerprint density at radius 3 is 1.55 bits per heavy atom. The van der Waals surface area contributed by atoms with Crippen molar-refractivity contribution >= 4 is 23.1 Å². The summed E-state index contributed by atoms with van der Waals surface area (Å²) in [6.07, 6.45) is 5.61. The van der Waals surface area contributed by atoms with Crippen molar-refractivity contribution in [3.63, 3.8) is 0 Å². The van der Waals surface area contributed by atoms with E-state index in [9.17, 15) is 14.7 Å². The summed E-state index contributed by atoms with van der Waals surface area (Å²) in [4.78, 5) is 25.2. The minimum Gasteiger partial charge on any atom is -0.497 e. The van der Waals surface area contributed by atoms with Gasteiger partial charge in [-0.2, -0.15) is 0 Å². The molecule has 0 aromatic heterocycles. The summed E-state index contributed by atoms with van der Waals surface area (Å²) in [5.74, 6) is 1.22. The second-order valence-electron chi connectivity index (χ2n) is 15.0. The van der Waals surface area contributed by atoms with Gasteiger partial charge in [0.05, 0.1) is 28.4 Å². The van der Waals surface area contributed by atoms with Crippen molar-refractivity contribution in [3.8, 4) is 56.8 Å². The molecule has 0 bridgehead atoms. The number of fused-ring (bicyclic) bond motifs is 2. The van der Waals surface area contributed by atoms with Crippen molar-refractivity contribution in [3.05, 3.63) is 167 Å². The molecule has 2 aliphatic carbocycles. The lowest BCUT2D eigenvalue weighted by atomic mass is 9.91. The second-order valence-corrected chi connectivity index (χ2v) is 15.0. The molecule has 314 valence electrons. The molecule has 1 unspecified atom stereocenters. The lowest BCUT2D eigenvalue weighted by Crippen LogP contribution is -2.34. The van der Waals surface area contributed by atoms with Gasteiger partial charge in [-0.15, -0.1) is 0 Å². The summed E-state index contributed by atoms with van der Waals surface area (Å²) in [7, 11) is 6.56. The summed E-state index contributed by atoms with van der Waals surface area (Å²) in [5, 5.41) is 9.95. The minimum atomic E-state index is -1.89. The Morgan fingerprint density at radius 1 is 0.548 bits per heavy atom. The SMILES string of the molecule is COc1cc(CC2=CCc3cccc(-c4ccc(OC(OC(=O)COc5cccc(-c6cccc7c6C(Cc6cc(OC)cc(OC)c6)=CC7)c5)C(=O)O)cc4)c32)cc(OC)c1. The zero-order valence-corrected chi connectivity index (χ0v) is 34.9. The molecular formula is C52H46O10. The molecule has 10 heteroatoms. The number of aliphatic carboxylic acids is 1. The number of rotatable bonds is 17. The second kappa shape index (κ2) is 18.4. The zero-order chi connectivity index (χ0) is 43.2. The lowest BCUT2D eigenvalue weighted by Gasteiger charge is -2.17. The molecule has 6 aromatic carbocycles. The van der Waals surface area contributed by atoms with Crippen LogP contribution >= 0.6 is 0 Å². The van der Waals surface area contributed by atoms with Gasteiger partial charge >= 0.3 is 18.2 Å². The topological polar surface area (TPSA) is 119 Å². The van der Waals surface area contributed by atoms with E-state index in [0.29, 0.717) is 18.6 Å². The van der Waals surface area contributed by atoms with Gasteiger partial charge in [-0.3, -0.25) is 0 Å². The minimum absolute atomic E-state index is 0.226. The Kier molecular flexibility index (Phi) is 12.3. The molecule has 10 nitrogen and oxygen atoms in total. The summed E-state index contributed by atoms with van der Waals surface area (Å²) < 4.78 is 38.8. The molecule has 0 saturated carbocycles. The van der Waals surface area contributed by atoms with Gasteiger partial charge in [0.15, 0.2) is 6.61 Å². The van der Waals surface area contributed by atoms with Crippen LogP contribution in [0.3, 0.4) is 0 Å². The number of carbonyl (C=O) groups excluding carboxylic acids is 1. The fourth-order valence-electron chi connectivity index (χ4n) is 8.16. The average molecular weight is 831 g/mol. The molecule has 0 radical (unpaired) electrons. The first-order valence-electron chi connectivity index (χ1n) is 20.2. The van der Waals surface area contributed by atoms with Crippen molar-refractivity contribution in [2.45, 2.75) is 32.0 Å². The van der Waals surface area contributed by atoms with Gasteiger partial charge < -0.3 is 38.3 Å². The third-order valence-electron chi connectivity index (χ3n) is 11.0. The number of benzene rings is 6. The Balaban J connectivity index is 0.911. The molecular weight excluding hydrogens is 785 g/mol. The molecule has 0 amide bonds. The molecule has 8 rings (SSSR count). The van der Waals surface area contributed by atoms with Crippen LogP contribution in [-0.4, -0.2) is 58.4 Å². The van der Waals surface area contributed by atoms with E-state index in [2.05, 4.69) is 36.4 Å². The van der Waals surface area contributed by atoms with E-state index in [0.717, 1.165) is 80.3 Å². The van der Waals surface area contributed by atoms with Gasteiger partial charge in [0, 0.05) is 12.1 Å². The van der Waals surface area contributed by atoms with Gasteiger partial charge in [-0.25, -0.2) is 9.59 Å². The predicted octanol–water partition coefficient (Wildman–Crippen LogP) is 9.83. The number of carbonyl (C=O) groups is 2. The number of hydrogen-bond donors (Lipinski definition) is 1. The first-order chi connectivity index (χ1) is 30.2. The van der Waals surface area contributed by atoms with E-state index < -0.39 is 24.8 Å². The molecule has 2 aliphatic rings. The maximum atomic E-state index is 13.0. The van der Waals surface area contributed by atoms with Crippen molar-refractivity contribution in [1.29, 1.82) is 0 Å². The number of methoxy groups -OCH3 is 4. The molecule has 0 saturated heterocycles. The quantitative estimate of drug-likeness (QED) is 0.0703. The molecule has 0 fully saturated rings. The Hall–Kier alpha value is -7.46. The van der Waals surface area contributed by atoms with Crippen molar-refractivity contribution < 1.29 is 47.9 Å². The van der Waals surface area contributed by atoms with Gasteiger partial charge in [0.1, 0.15) is 34.5 Å². The Bertz CT molecular complexity index is 2650. The maximum Gasteiger partial charge on any atom is 0.387 e. The van der Waals surface area contributed by atoms with E-state index in [1.807, 2.05) is 78.9 Å². The van der Waals surface area contributed by atoms with Crippen LogP contribution in [0.2, 0.25) is 0 Å². The largest absolute Gasteiger partial charge is 0.497 e. The van der Waals surface area contributed by atoms with E-state index in [1.54, 1.807) is 46.6 Å². The van der Waals surface area contributed by atoms with Crippen LogP contribution in [0, 0.1) is 0 Å². The smallest absolute Gasteiger partial charge is 0.387 e. The van der Waals surface area contributed by atoms with E-state index >= 15 is 0 Å². The van der Waals surface area contributed by atoms with E-state index in [1.165, 1.54) is 22.3 Å². The number of ether oxygens (including phenoxy) is 7. The highest BCUT2D eigenvalue weighted by Gasteiger charge is 2.26. The highest BCUT2D eigenvalue weighted by Crippen LogP contribution is 2.41. The number of carboxylic acids is 1. The van der Waals surface area contributed by atoms with Gasteiger partial charge in [0.25, 0.3) is 0 Å². The lowest BCUT2D eigenvalue weighted by molar-refractivity contribution is -0.183. The van der Waals surface area contributed by atoms with Crippen molar-refractivity contribution in [2.24, 2.45) is 0 Å². The third kappa shape index (κ3) is 9.14. The molecule has 62 heavy (non-hydrogen) atoms. The highest BCUT2D eigenvalue weighted by molar-refractivity contribution is 5.88. The molecule has 6 aromatic rings. The van der Waals surface area contributed by atoms with Crippen molar-refractivity contribution in [2.75, 3.05) is 35.0 Å². The van der Waals surface area contributed by atoms with Crippen LogP contribution in [0.4, 0.5) is 0 Å². The monoisotopic (exact) mass is 830 g/mol. The van der Waals surface area contributed by atoms with Crippen LogP contribution in [0.15, 0.2) is 133 Å². The standard InChI is InChI=1S/C52H46O10/c1-56-42-24-32(25-43(29-42)57-2)22-38-16-14-35-8-6-12-46(49(35)38)34-18-20-40(21-19-34)61-52(51(54)55)62-48(53)31-60-41-11-5-10-37(28-41)47-13-7-9-36-15-17-39(50(36)47)23-33-26-44(58-3)30-45(27-33)59-4/h5-13,16-21,24-30,52H,14-15,22-23,31H2,1-4H3,(H,54,55). The number of carboxylic acid groups (broad SMARTS) is 1. The van der Waals surface area contributed by atoms with Crippen LogP contribution in [-0.2, 0) is 40.0 Å². The van der Waals surface area contributed by atoms with Crippen LogP contribution in [0.5, 0.6) is 34.5 Å². The molecule has 0 spiro atoms. The van der Waals surface area contributed by atoms with Crippen LogP contribution in [0.1, 0.15) is 33.4 Å². The normalized spacial score (nSPS) is 12.9. The summed E-state index contributed by atoms with van der Waals surface area (Å²) in [5.41, 5.74) is 13.2. The van der Waals surface area contributed by atoms with Gasteiger partial charge in [-0.1, -0.05) is 72.8 Å². The number of esters is 1. The number of hydrogen-bond acceptors (Lipinski definition) is 9. The maximum absolute atomic E-state index is 13.0. The van der Waals surface area contributed by atoms with Gasteiger partial charge in [0.2, 0.25) is 0 Å². The Labute approximate surface area is 360 Å². The summed E-state index contributed by atoms with van der Waals surface area (Å²) in [6.45, 7) is -0.525. The first-order valence-corrected chi connectivity index (χ1v) is 20.2. The first kappa shape index (κ1) is 41.3. The van der Waals surface area contributed by atoms with E-state index in [-0.39, 0.29) is 5.75 Å². The molecule has 1 atom stereocenters. The fraction of sp³-hybridized carbons (Fsp3) is 0.192. The number of allylic oxidation sites excluding steroid dienone is 4. The highest BCUT2D eigenvalue weighted by atomic mass is 16.7. The van der Waals surface area contributed by atoms with E-state index in [4.69, 9.17) is 33.2 Å². The summed E-state index contributed by atoms with van der Waals surface area (Å²) >= 11 is 0. The van der Waals surface area contributed by atoms with Gasteiger partial charge in [-0.05, 0) is 141 Å². The van der Waals surface area contributed by atoms with Crippen LogP contribution in [0.25, 0.3) is 33.4 Å². The molecule has 1 N–H and O–H groups in total. The Morgan fingerprint density at radius 2 is 1.05 bits per heavy atom. The average Bonchev–Trinajstić information content (AvgIpc) is 3.91. The summed E-state index contributed by atoms with van der Waals surface area (Å²) in [6, 6.07) is 38.7. The molecule has 0 heterocycles. The molecule has 0 aliphatic heterocycles. The predicted molar refractivity (Wildman–Crippen MR) is 237 cm³/mol. The van der Waals surface area contributed by atoms with Crippen molar-refractivity contribution in [1.82, 2.24) is 0 Å². The van der Waals surface area contributed by atoms with Crippen LogP contribution < -0.4 is 28.4 Å². The zero-order valence-electron chi connectivity index (χ0n) is 34.9. The fourth-order valence-corrected chi connectivity index (χ4v) is 8.16. The third-order valence-corrected chi connectivity index (χ3v) is 11.0.